The van der Waals surface area contributed by atoms with Gasteiger partial charge in [-0.25, -0.2) is 0 Å². The van der Waals surface area contributed by atoms with Crippen LogP contribution in [0.15, 0.2) is 12.2 Å². The third-order valence-electron chi connectivity index (χ3n) is 2.95. The molecule has 0 bridgehead atoms. The van der Waals surface area contributed by atoms with Crippen LogP contribution in [0, 0.1) is 11.8 Å². The largest absolute Gasteiger partial charge is 0.299 e. The average molecular weight is 185 g/mol. The van der Waals surface area contributed by atoms with Crippen molar-refractivity contribution in [3.63, 3.8) is 0 Å². The number of rotatable bonds is 0. The van der Waals surface area contributed by atoms with Crippen LogP contribution in [0.1, 0.15) is 25.7 Å². The Hall–Kier alpha value is -0.300. The zero-order valence-corrected chi connectivity index (χ0v) is 7.76. The van der Waals surface area contributed by atoms with Gasteiger partial charge in [-0.05, 0) is 19.3 Å². The maximum Gasteiger partial charge on any atom is 0.136 e. The van der Waals surface area contributed by atoms with Crippen LogP contribution in [0.4, 0.5) is 0 Å². The Morgan fingerprint density at radius 1 is 1.50 bits per heavy atom. The van der Waals surface area contributed by atoms with E-state index in [0.717, 1.165) is 25.7 Å². The van der Waals surface area contributed by atoms with Gasteiger partial charge in [-0.1, -0.05) is 12.2 Å². The fourth-order valence-corrected chi connectivity index (χ4v) is 2.66. The van der Waals surface area contributed by atoms with Crippen molar-refractivity contribution in [3.8, 4) is 0 Å². The molecule has 3 atom stereocenters. The number of carbonyl (C=O) groups is 1. The van der Waals surface area contributed by atoms with E-state index in [1.54, 1.807) is 0 Å². The van der Waals surface area contributed by atoms with Crippen LogP contribution in [0.2, 0.25) is 0 Å². The molecule has 2 rings (SSSR count). The van der Waals surface area contributed by atoms with E-state index >= 15 is 0 Å². The lowest BCUT2D eigenvalue weighted by Gasteiger charge is -2.18. The van der Waals surface area contributed by atoms with Crippen LogP contribution in [-0.4, -0.2) is 11.2 Å². The number of carbonyl (C=O) groups excluding carboxylic acids is 1. The second kappa shape index (κ2) is 3.21. The van der Waals surface area contributed by atoms with Gasteiger partial charge in [0.1, 0.15) is 5.78 Å². The van der Waals surface area contributed by atoms with Crippen molar-refractivity contribution < 1.29 is 4.79 Å². The fraction of sp³-hybridized carbons (Fsp3) is 0.700. The molecule has 1 fully saturated rings. The molecule has 2 heteroatoms. The van der Waals surface area contributed by atoms with E-state index < -0.39 is 0 Å². The lowest BCUT2D eigenvalue weighted by Crippen LogP contribution is -2.22. The molecule has 0 unspecified atom stereocenters. The molecule has 0 heterocycles. The first-order chi connectivity index (χ1) is 5.79. The summed E-state index contributed by atoms with van der Waals surface area (Å²) in [5, 5.41) is 0.195. The van der Waals surface area contributed by atoms with E-state index in [4.69, 9.17) is 11.6 Å². The SMILES string of the molecule is O=C1CCC[C@@H](Cl)[C@H]2C=CC[C@@H]12. The Morgan fingerprint density at radius 2 is 2.33 bits per heavy atom. The van der Waals surface area contributed by atoms with Crippen molar-refractivity contribution in [2.45, 2.75) is 31.1 Å². The predicted molar refractivity (Wildman–Crippen MR) is 49.2 cm³/mol. The van der Waals surface area contributed by atoms with Gasteiger partial charge in [0.05, 0.1) is 0 Å². The minimum Gasteiger partial charge on any atom is -0.299 e. The molecule has 0 saturated heterocycles. The minimum atomic E-state index is 0.195. The summed E-state index contributed by atoms with van der Waals surface area (Å²) in [7, 11) is 0. The first kappa shape index (κ1) is 8.31. The molecule has 0 spiro atoms. The highest BCUT2D eigenvalue weighted by molar-refractivity contribution is 6.21. The van der Waals surface area contributed by atoms with Crippen LogP contribution in [0.25, 0.3) is 0 Å². The van der Waals surface area contributed by atoms with E-state index in [1.165, 1.54) is 0 Å². The van der Waals surface area contributed by atoms with E-state index in [2.05, 4.69) is 12.2 Å². The number of allylic oxidation sites excluding steroid dienone is 2. The highest BCUT2D eigenvalue weighted by Crippen LogP contribution is 2.37. The topological polar surface area (TPSA) is 17.1 Å². The number of Topliss-reactive ketones (excluding diaryl/α,β-unsaturated/α-hetero) is 1. The molecular weight excluding hydrogens is 172 g/mol. The molecule has 0 aromatic heterocycles. The van der Waals surface area contributed by atoms with E-state index in [-0.39, 0.29) is 11.3 Å². The van der Waals surface area contributed by atoms with Gasteiger partial charge in [-0.3, -0.25) is 4.79 Å². The van der Waals surface area contributed by atoms with Crippen LogP contribution >= 0.6 is 11.6 Å². The lowest BCUT2D eigenvalue weighted by molar-refractivity contribution is -0.123. The zero-order chi connectivity index (χ0) is 8.55. The smallest absolute Gasteiger partial charge is 0.136 e. The van der Waals surface area contributed by atoms with Crippen molar-refractivity contribution in [2.75, 3.05) is 0 Å². The number of alkyl halides is 1. The zero-order valence-electron chi connectivity index (χ0n) is 7.00. The first-order valence-corrected chi connectivity index (χ1v) is 5.06. The third kappa shape index (κ3) is 1.31. The molecule has 1 nitrogen and oxygen atoms in total. The lowest BCUT2D eigenvalue weighted by atomic mass is 9.90. The van der Waals surface area contributed by atoms with Gasteiger partial charge >= 0.3 is 0 Å². The van der Waals surface area contributed by atoms with Crippen LogP contribution in [-0.2, 0) is 4.79 Å². The fourth-order valence-electron chi connectivity index (χ4n) is 2.24. The summed E-state index contributed by atoms with van der Waals surface area (Å²) in [5.41, 5.74) is 0. The van der Waals surface area contributed by atoms with Crippen molar-refractivity contribution in [3.05, 3.63) is 12.2 Å². The Morgan fingerprint density at radius 3 is 3.17 bits per heavy atom. The van der Waals surface area contributed by atoms with Gasteiger partial charge in [0.25, 0.3) is 0 Å². The number of halogens is 1. The van der Waals surface area contributed by atoms with Gasteiger partial charge in [-0.15, -0.1) is 11.6 Å². The summed E-state index contributed by atoms with van der Waals surface area (Å²) >= 11 is 6.18. The van der Waals surface area contributed by atoms with Gasteiger partial charge in [0, 0.05) is 23.6 Å². The minimum absolute atomic E-state index is 0.195. The highest BCUT2D eigenvalue weighted by atomic mass is 35.5. The Kier molecular flexibility index (Phi) is 2.22. The summed E-state index contributed by atoms with van der Waals surface area (Å²) in [6, 6.07) is 0. The average Bonchev–Trinajstić information content (AvgIpc) is 2.47. The second-order valence-corrected chi connectivity index (χ2v) is 4.28. The molecule has 2 aliphatic carbocycles. The standard InChI is InChI=1S/C10H13ClO/c11-9-5-2-6-10(12)8-4-1-3-7(8)9/h1,3,7-9H,2,4-6H2/t7-,8+,9+/m0/s1. The molecule has 12 heavy (non-hydrogen) atoms. The molecule has 0 amide bonds. The molecule has 0 aliphatic heterocycles. The molecule has 2 aliphatic rings. The molecule has 0 radical (unpaired) electrons. The first-order valence-electron chi connectivity index (χ1n) is 4.62. The molecule has 66 valence electrons. The summed E-state index contributed by atoms with van der Waals surface area (Å²) < 4.78 is 0. The van der Waals surface area contributed by atoms with Gasteiger partial charge in [0.15, 0.2) is 0 Å². The maximum absolute atomic E-state index is 11.5. The summed E-state index contributed by atoms with van der Waals surface area (Å²) in [4.78, 5) is 11.5. The predicted octanol–water partition coefficient (Wildman–Crippen LogP) is 2.54. The normalized spacial score (nSPS) is 41.1. The van der Waals surface area contributed by atoms with Crippen molar-refractivity contribution in [1.82, 2.24) is 0 Å². The number of ketones is 1. The van der Waals surface area contributed by atoms with Gasteiger partial charge in [0.2, 0.25) is 0 Å². The Bertz CT molecular complexity index is 222. The summed E-state index contributed by atoms with van der Waals surface area (Å²) in [5.74, 6) is 0.977. The third-order valence-corrected chi connectivity index (χ3v) is 3.46. The van der Waals surface area contributed by atoms with E-state index in [1.807, 2.05) is 0 Å². The van der Waals surface area contributed by atoms with E-state index in [0.29, 0.717) is 11.7 Å². The van der Waals surface area contributed by atoms with Gasteiger partial charge in [-0.2, -0.15) is 0 Å². The molecule has 1 saturated carbocycles. The van der Waals surface area contributed by atoms with Crippen LogP contribution < -0.4 is 0 Å². The molecule has 0 N–H and O–H groups in total. The van der Waals surface area contributed by atoms with Crippen molar-refractivity contribution in [1.29, 1.82) is 0 Å². The number of fused-ring (bicyclic) bond motifs is 1. The number of hydrogen-bond acceptors (Lipinski definition) is 1. The van der Waals surface area contributed by atoms with Crippen molar-refractivity contribution >= 4 is 17.4 Å². The van der Waals surface area contributed by atoms with Crippen LogP contribution in [0.5, 0.6) is 0 Å². The Labute approximate surface area is 77.8 Å². The van der Waals surface area contributed by atoms with Crippen LogP contribution in [0.3, 0.4) is 0 Å². The quantitative estimate of drug-likeness (QED) is 0.418. The van der Waals surface area contributed by atoms with E-state index in [9.17, 15) is 4.79 Å². The van der Waals surface area contributed by atoms with Gasteiger partial charge < -0.3 is 0 Å². The number of hydrogen-bond donors (Lipinski definition) is 0. The Balaban J connectivity index is 2.19. The summed E-state index contributed by atoms with van der Waals surface area (Å²) in [6.07, 6.45) is 7.88. The molecular formula is C10H13ClO. The second-order valence-electron chi connectivity index (χ2n) is 3.72. The monoisotopic (exact) mass is 184 g/mol. The highest BCUT2D eigenvalue weighted by Gasteiger charge is 2.35. The summed E-state index contributed by atoms with van der Waals surface area (Å²) in [6.45, 7) is 0. The molecule has 0 aromatic rings. The maximum atomic E-state index is 11.5. The van der Waals surface area contributed by atoms with Crippen molar-refractivity contribution in [2.24, 2.45) is 11.8 Å². The molecule has 0 aromatic carbocycles.